The van der Waals surface area contributed by atoms with E-state index in [1.165, 1.54) is 30.7 Å². The Balaban J connectivity index is 2.18. The number of nitrogens with zero attached hydrogens (tertiary/aromatic N) is 4. The third-order valence-electron chi connectivity index (χ3n) is 4.18. The first-order valence-corrected chi connectivity index (χ1v) is 9.05. The van der Waals surface area contributed by atoms with Gasteiger partial charge in [0.25, 0.3) is 11.1 Å². The largest absolute Gasteiger partial charge is 0.449 e. The molecule has 158 valence electrons. The fourth-order valence-corrected chi connectivity index (χ4v) is 2.80. The average molecular weight is 446 g/mol. The number of halogens is 3. The maximum absolute atomic E-state index is 14.7. The van der Waals surface area contributed by atoms with Gasteiger partial charge in [-0.15, -0.1) is 0 Å². The third kappa shape index (κ3) is 4.51. The van der Waals surface area contributed by atoms with E-state index in [1.54, 1.807) is 0 Å². The molecule has 0 aliphatic carbocycles. The molecule has 1 aromatic carbocycles. The van der Waals surface area contributed by atoms with Crippen LogP contribution in [0.4, 0.5) is 8.78 Å². The van der Waals surface area contributed by atoms with Crippen LogP contribution < -0.4 is 15.9 Å². The second kappa shape index (κ2) is 8.49. The molecule has 2 heterocycles. The topological polar surface area (TPSA) is 114 Å². The van der Waals surface area contributed by atoms with E-state index in [0.717, 1.165) is 17.8 Å². The summed E-state index contributed by atoms with van der Waals surface area (Å²) in [6, 6.07) is 5.68. The summed E-state index contributed by atoms with van der Waals surface area (Å²) in [7, 11) is 0. The van der Waals surface area contributed by atoms with Crippen molar-refractivity contribution in [3.05, 3.63) is 91.8 Å². The molecule has 0 bridgehead atoms. The minimum absolute atomic E-state index is 0.0989. The second-order valence-corrected chi connectivity index (χ2v) is 6.94. The number of aromatic amines is 1. The first-order chi connectivity index (χ1) is 14.6. The van der Waals surface area contributed by atoms with E-state index in [0.29, 0.717) is 0 Å². The summed E-state index contributed by atoms with van der Waals surface area (Å²) < 4.78 is 35.9. The summed E-state index contributed by atoms with van der Waals surface area (Å²) in [5.41, 5.74) is -2.80. The first kappa shape index (κ1) is 21.9. The molecule has 2 aromatic heterocycles. The van der Waals surface area contributed by atoms with Gasteiger partial charge in [-0.25, -0.2) is 9.97 Å². The Morgan fingerprint density at radius 1 is 1.39 bits per heavy atom. The van der Waals surface area contributed by atoms with Crippen molar-refractivity contribution in [2.75, 3.05) is 0 Å². The Morgan fingerprint density at radius 3 is 2.77 bits per heavy atom. The van der Waals surface area contributed by atoms with Crippen LogP contribution in [0.15, 0.2) is 58.8 Å². The summed E-state index contributed by atoms with van der Waals surface area (Å²) in [5.74, 6) is -4.59. The molecule has 0 aliphatic rings. The molecule has 0 unspecified atom stereocenters. The van der Waals surface area contributed by atoms with Crippen LogP contribution in [0.3, 0.4) is 0 Å². The quantitative estimate of drug-likeness (QED) is 0.582. The molecule has 3 aromatic rings. The van der Waals surface area contributed by atoms with Crippen molar-refractivity contribution >= 4 is 11.6 Å². The van der Waals surface area contributed by atoms with Crippen molar-refractivity contribution in [2.45, 2.75) is 19.4 Å². The van der Waals surface area contributed by atoms with Gasteiger partial charge in [0.15, 0.2) is 5.69 Å². The molecule has 3 rings (SSSR count). The maximum Gasteiger partial charge on any atom is 0.314 e. The van der Waals surface area contributed by atoms with Crippen molar-refractivity contribution in [3.63, 3.8) is 0 Å². The van der Waals surface area contributed by atoms with E-state index >= 15 is 0 Å². The number of hydrogen-bond acceptors (Lipinski definition) is 6. The lowest BCUT2D eigenvalue weighted by Crippen LogP contribution is -2.30. The van der Waals surface area contributed by atoms with Crippen LogP contribution in [0.5, 0.6) is 11.5 Å². The number of rotatable bonds is 6. The molecule has 8 nitrogen and oxygen atoms in total. The normalized spacial score (nSPS) is 11.1. The predicted molar refractivity (Wildman–Crippen MR) is 107 cm³/mol. The molecule has 1 N–H and O–H groups in total. The highest BCUT2D eigenvalue weighted by molar-refractivity contribution is 6.30. The van der Waals surface area contributed by atoms with Crippen molar-refractivity contribution in [3.8, 4) is 17.6 Å². The van der Waals surface area contributed by atoms with Gasteiger partial charge < -0.3 is 9.72 Å². The Hall–Kier alpha value is -3.84. The summed E-state index contributed by atoms with van der Waals surface area (Å²) in [4.78, 5) is 34.8. The van der Waals surface area contributed by atoms with Crippen molar-refractivity contribution in [1.29, 1.82) is 5.26 Å². The third-order valence-corrected chi connectivity index (χ3v) is 4.40. The van der Waals surface area contributed by atoms with Crippen LogP contribution in [0.25, 0.3) is 0 Å². The van der Waals surface area contributed by atoms with E-state index in [1.807, 2.05) is 6.07 Å². The number of ether oxygens (including phenoxy) is 1. The zero-order valence-corrected chi connectivity index (χ0v) is 16.8. The van der Waals surface area contributed by atoms with E-state index in [-0.39, 0.29) is 28.4 Å². The Morgan fingerprint density at radius 2 is 2.13 bits per heavy atom. The highest BCUT2D eigenvalue weighted by Gasteiger charge is 2.39. The number of H-pyrrole nitrogens is 1. The highest BCUT2D eigenvalue weighted by atomic mass is 35.5. The van der Waals surface area contributed by atoms with E-state index < -0.39 is 34.1 Å². The SMILES string of the molecule is C=C(C)C(F)(F)c1ncn(Cc2cnc[nH]c2=O)c(=O)c1Oc1cc(Cl)cc(C#N)c1. The fourth-order valence-electron chi connectivity index (χ4n) is 2.58. The van der Waals surface area contributed by atoms with Gasteiger partial charge in [0.05, 0.1) is 36.4 Å². The van der Waals surface area contributed by atoms with Gasteiger partial charge >= 0.3 is 5.92 Å². The van der Waals surface area contributed by atoms with Gasteiger partial charge in [0.2, 0.25) is 5.75 Å². The summed E-state index contributed by atoms with van der Waals surface area (Å²) in [6.45, 7) is 4.05. The number of alkyl halides is 2. The van der Waals surface area contributed by atoms with E-state index in [4.69, 9.17) is 21.6 Å². The second-order valence-electron chi connectivity index (χ2n) is 6.51. The fraction of sp³-hybridized carbons (Fsp3) is 0.150. The lowest BCUT2D eigenvalue weighted by Gasteiger charge is -2.20. The van der Waals surface area contributed by atoms with Crippen molar-refractivity contribution in [1.82, 2.24) is 19.5 Å². The average Bonchev–Trinajstić information content (AvgIpc) is 2.71. The van der Waals surface area contributed by atoms with Gasteiger partial charge in [-0.2, -0.15) is 14.0 Å². The van der Waals surface area contributed by atoms with E-state index in [9.17, 15) is 18.4 Å². The standard InChI is InChI=1S/C20H14ClF2N5O3/c1-11(2)20(22,23)17-16(31-15-4-12(6-24)3-14(21)5-15)19(30)28(10-27-17)8-13-7-25-9-26-18(13)29/h3-5,7,9-10H,1,8H2,2H3,(H,25,26,29). The number of nitriles is 1. The molecule has 31 heavy (non-hydrogen) atoms. The van der Waals surface area contributed by atoms with Gasteiger partial charge in [0, 0.05) is 11.2 Å². The summed E-state index contributed by atoms with van der Waals surface area (Å²) >= 11 is 5.93. The summed E-state index contributed by atoms with van der Waals surface area (Å²) in [6.07, 6.45) is 3.29. The van der Waals surface area contributed by atoms with E-state index in [2.05, 4.69) is 21.5 Å². The molecule has 11 heteroatoms. The minimum Gasteiger partial charge on any atom is -0.449 e. The predicted octanol–water partition coefficient (Wildman–Crippen LogP) is 3.36. The van der Waals surface area contributed by atoms with Crippen LogP contribution >= 0.6 is 11.6 Å². The number of hydrogen-bond donors (Lipinski definition) is 1. The number of aromatic nitrogens is 4. The minimum atomic E-state index is -3.68. The van der Waals surface area contributed by atoms with Gasteiger partial charge in [-0.05, 0) is 30.7 Å². The lowest BCUT2D eigenvalue weighted by molar-refractivity contribution is 0.0309. The molecule has 0 saturated carbocycles. The van der Waals surface area contributed by atoms with Crippen molar-refractivity contribution in [2.24, 2.45) is 0 Å². The van der Waals surface area contributed by atoms with Gasteiger partial charge in [-0.3, -0.25) is 14.2 Å². The molecule has 0 spiro atoms. The molecule has 0 atom stereocenters. The zero-order valence-electron chi connectivity index (χ0n) is 16.0. The van der Waals surface area contributed by atoms with Crippen molar-refractivity contribution < 1.29 is 13.5 Å². The first-order valence-electron chi connectivity index (χ1n) is 8.67. The number of nitrogens with one attached hydrogen (secondary N) is 1. The van der Waals surface area contributed by atoms with Crippen LogP contribution in [-0.4, -0.2) is 19.5 Å². The monoisotopic (exact) mass is 445 g/mol. The molecular formula is C20H14ClF2N5O3. The lowest BCUT2D eigenvalue weighted by atomic mass is 10.1. The number of allylic oxidation sites excluding steroid dienone is 1. The molecule has 0 amide bonds. The molecule has 0 saturated heterocycles. The molecule has 0 radical (unpaired) electrons. The smallest absolute Gasteiger partial charge is 0.314 e. The maximum atomic E-state index is 14.7. The molecular weight excluding hydrogens is 432 g/mol. The zero-order chi connectivity index (χ0) is 22.8. The van der Waals surface area contributed by atoms with Crippen LogP contribution in [-0.2, 0) is 12.5 Å². The number of benzene rings is 1. The van der Waals surface area contributed by atoms with Gasteiger partial charge in [0.1, 0.15) is 5.75 Å². The Labute approximate surface area is 179 Å². The molecule has 0 fully saturated rings. The Bertz CT molecular complexity index is 1330. The van der Waals surface area contributed by atoms with Crippen LogP contribution in [0.1, 0.15) is 23.7 Å². The Kier molecular flexibility index (Phi) is 5.99. The van der Waals surface area contributed by atoms with Crippen LogP contribution in [0.2, 0.25) is 5.02 Å². The molecule has 0 aliphatic heterocycles. The van der Waals surface area contributed by atoms with Crippen LogP contribution in [0, 0.1) is 11.3 Å². The van der Waals surface area contributed by atoms with Gasteiger partial charge in [-0.1, -0.05) is 18.2 Å². The summed E-state index contributed by atoms with van der Waals surface area (Å²) in [5, 5.41) is 9.19. The highest BCUT2D eigenvalue weighted by Crippen LogP contribution is 2.38.